The maximum absolute atomic E-state index is 7.24. The van der Waals surface area contributed by atoms with Crippen LogP contribution < -0.4 is 15.1 Å². The number of anilines is 4. The topological polar surface area (TPSA) is 18.5 Å². The summed E-state index contributed by atoms with van der Waals surface area (Å²) in [6.07, 6.45) is 0. The highest BCUT2D eigenvalue weighted by atomic mass is 35.5. The van der Waals surface area contributed by atoms with Crippen LogP contribution in [0.25, 0.3) is 33.0 Å². The highest BCUT2D eigenvalue weighted by Gasteiger charge is 2.21. The Morgan fingerprint density at radius 2 is 1.00 bits per heavy atom. The van der Waals surface area contributed by atoms with Gasteiger partial charge in [-0.3, -0.25) is 0 Å². The molecule has 1 N–H and O–H groups in total. The zero-order valence-corrected chi connectivity index (χ0v) is 21.8. The minimum absolute atomic E-state index is 0.758. The van der Waals surface area contributed by atoms with Gasteiger partial charge < -0.3 is 15.1 Å². The van der Waals surface area contributed by atoms with E-state index >= 15 is 0 Å². The zero-order chi connectivity index (χ0) is 25.2. The van der Waals surface area contributed by atoms with Crippen LogP contribution >= 0.6 is 11.6 Å². The van der Waals surface area contributed by atoms with Crippen LogP contribution in [0.1, 0.15) is 0 Å². The molecule has 0 aliphatic heterocycles. The third-order valence-corrected chi connectivity index (χ3v) is 6.93. The van der Waals surface area contributed by atoms with E-state index in [0.29, 0.717) is 0 Å². The summed E-state index contributed by atoms with van der Waals surface area (Å²) in [5, 5.41) is 6.61. The van der Waals surface area contributed by atoms with Gasteiger partial charge in [-0.25, -0.2) is 0 Å². The second kappa shape index (κ2) is 9.96. The summed E-state index contributed by atoms with van der Waals surface area (Å²) in [5.74, 6) is 0. The van der Waals surface area contributed by atoms with E-state index < -0.39 is 0 Å². The quantitative estimate of drug-likeness (QED) is 0.256. The summed E-state index contributed by atoms with van der Waals surface area (Å²) in [6, 6.07) is 36.0. The van der Waals surface area contributed by atoms with Gasteiger partial charge in [0.05, 0.1) is 10.7 Å². The molecule has 36 heavy (non-hydrogen) atoms. The smallest absolute Gasteiger partial charge is 0.0570 e. The molecule has 5 rings (SSSR count). The standard InChI is InChI=1S/C32H30ClN3/c1-35(2)25-18-14-22(15-19-25)29-30(23-16-20-26(21-17-23)36(3)4)32(34-24-10-6-5-7-11-24)28-13-9-8-12-27(28)31(29)33/h5-21,34H,1-4H3. The normalized spacial score (nSPS) is 10.9. The van der Waals surface area contributed by atoms with E-state index in [-0.39, 0.29) is 0 Å². The summed E-state index contributed by atoms with van der Waals surface area (Å²) >= 11 is 7.24. The van der Waals surface area contributed by atoms with Crippen LogP contribution in [0.2, 0.25) is 5.02 Å². The van der Waals surface area contributed by atoms with Crippen molar-refractivity contribution < 1.29 is 0 Å². The van der Waals surface area contributed by atoms with E-state index in [1.165, 1.54) is 0 Å². The third-order valence-electron chi connectivity index (χ3n) is 6.54. The molecule has 0 radical (unpaired) electrons. The van der Waals surface area contributed by atoms with Crippen molar-refractivity contribution in [2.75, 3.05) is 43.3 Å². The average molecular weight is 492 g/mol. The molecule has 5 aromatic carbocycles. The molecule has 180 valence electrons. The average Bonchev–Trinajstić information content (AvgIpc) is 2.91. The molecule has 0 heterocycles. The zero-order valence-electron chi connectivity index (χ0n) is 21.1. The van der Waals surface area contributed by atoms with Crippen LogP contribution in [0, 0.1) is 0 Å². The number of hydrogen-bond acceptors (Lipinski definition) is 3. The summed E-state index contributed by atoms with van der Waals surface area (Å²) in [4.78, 5) is 4.22. The molecule has 5 aromatic rings. The molecule has 0 bridgehead atoms. The van der Waals surface area contributed by atoms with Gasteiger partial charge in [-0.1, -0.05) is 78.3 Å². The van der Waals surface area contributed by atoms with Crippen molar-refractivity contribution in [3.8, 4) is 22.3 Å². The van der Waals surface area contributed by atoms with Crippen LogP contribution in [-0.4, -0.2) is 28.2 Å². The fraction of sp³-hybridized carbons (Fsp3) is 0.125. The molecule has 3 nitrogen and oxygen atoms in total. The van der Waals surface area contributed by atoms with Gasteiger partial charge >= 0.3 is 0 Å². The fourth-order valence-electron chi connectivity index (χ4n) is 4.60. The Hall–Kier alpha value is -3.95. The van der Waals surface area contributed by atoms with Crippen molar-refractivity contribution in [2.45, 2.75) is 0 Å². The Labute approximate surface area is 218 Å². The third kappa shape index (κ3) is 4.50. The van der Waals surface area contributed by atoms with E-state index in [2.05, 4.69) is 122 Å². The molecular formula is C32H30ClN3. The van der Waals surface area contributed by atoms with Gasteiger partial charge in [0.2, 0.25) is 0 Å². The second-order valence-corrected chi connectivity index (χ2v) is 9.74. The van der Waals surface area contributed by atoms with Crippen LogP contribution in [0.3, 0.4) is 0 Å². The first-order valence-corrected chi connectivity index (χ1v) is 12.4. The number of para-hydroxylation sites is 1. The molecule has 0 atom stereocenters. The Bertz CT molecular complexity index is 1490. The molecule has 0 amide bonds. The number of nitrogens with one attached hydrogen (secondary N) is 1. The van der Waals surface area contributed by atoms with Gasteiger partial charge in [0, 0.05) is 67.2 Å². The first-order valence-electron chi connectivity index (χ1n) is 12.1. The number of hydrogen-bond donors (Lipinski definition) is 1. The van der Waals surface area contributed by atoms with Crippen LogP contribution in [0.4, 0.5) is 22.7 Å². The lowest BCUT2D eigenvalue weighted by molar-refractivity contribution is 1.13. The Balaban J connectivity index is 1.84. The molecular weight excluding hydrogens is 462 g/mol. The second-order valence-electron chi connectivity index (χ2n) is 9.36. The number of halogens is 1. The molecule has 0 aliphatic carbocycles. The van der Waals surface area contributed by atoms with Crippen molar-refractivity contribution in [1.29, 1.82) is 0 Å². The largest absolute Gasteiger partial charge is 0.378 e. The van der Waals surface area contributed by atoms with Gasteiger partial charge in [-0.05, 0) is 47.5 Å². The number of fused-ring (bicyclic) bond motifs is 1. The Morgan fingerprint density at radius 3 is 1.53 bits per heavy atom. The first-order chi connectivity index (χ1) is 17.4. The number of rotatable bonds is 6. The minimum Gasteiger partial charge on any atom is -0.378 e. The predicted molar refractivity (Wildman–Crippen MR) is 158 cm³/mol. The van der Waals surface area contributed by atoms with E-state index in [0.717, 1.165) is 60.8 Å². The SMILES string of the molecule is CN(C)c1ccc(-c2c(-c3ccc(N(C)C)cc3)c(Nc3ccccc3)c3ccccc3c2Cl)cc1. The van der Waals surface area contributed by atoms with Gasteiger partial charge in [0.25, 0.3) is 0 Å². The van der Waals surface area contributed by atoms with Crippen LogP contribution in [-0.2, 0) is 0 Å². The Morgan fingerprint density at radius 1 is 0.528 bits per heavy atom. The molecule has 0 unspecified atom stereocenters. The highest BCUT2D eigenvalue weighted by molar-refractivity contribution is 6.40. The monoisotopic (exact) mass is 491 g/mol. The summed E-state index contributed by atoms with van der Waals surface area (Å²) in [7, 11) is 8.22. The minimum atomic E-state index is 0.758. The fourth-order valence-corrected chi connectivity index (χ4v) is 4.97. The van der Waals surface area contributed by atoms with E-state index in [9.17, 15) is 0 Å². The highest BCUT2D eigenvalue weighted by Crippen LogP contribution is 2.49. The van der Waals surface area contributed by atoms with Crippen LogP contribution in [0.5, 0.6) is 0 Å². The predicted octanol–water partition coefficient (Wildman–Crippen LogP) is 8.70. The molecule has 4 heteroatoms. The van der Waals surface area contributed by atoms with Crippen molar-refractivity contribution in [3.63, 3.8) is 0 Å². The summed E-state index contributed by atoms with van der Waals surface area (Å²) in [6.45, 7) is 0. The molecule has 0 aromatic heterocycles. The van der Waals surface area contributed by atoms with Crippen LogP contribution in [0.15, 0.2) is 103 Å². The van der Waals surface area contributed by atoms with E-state index in [1.807, 2.05) is 24.3 Å². The van der Waals surface area contributed by atoms with E-state index in [4.69, 9.17) is 11.6 Å². The van der Waals surface area contributed by atoms with Gasteiger partial charge in [0.1, 0.15) is 0 Å². The summed E-state index contributed by atoms with van der Waals surface area (Å²) < 4.78 is 0. The lowest BCUT2D eigenvalue weighted by Crippen LogP contribution is -2.08. The molecule has 0 saturated heterocycles. The van der Waals surface area contributed by atoms with Gasteiger partial charge in [0.15, 0.2) is 0 Å². The van der Waals surface area contributed by atoms with Crippen molar-refractivity contribution >= 4 is 45.1 Å². The van der Waals surface area contributed by atoms with Crippen molar-refractivity contribution in [1.82, 2.24) is 0 Å². The molecule has 0 saturated carbocycles. The molecule has 0 aliphatic rings. The van der Waals surface area contributed by atoms with Gasteiger partial charge in [-0.2, -0.15) is 0 Å². The number of benzene rings is 5. The lowest BCUT2D eigenvalue weighted by Gasteiger charge is -2.23. The maximum atomic E-state index is 7.24. The molecule has 0 spiro atoms. The van der Waals surface area contributed by atoms with E-state index in [1.54, 1.807) is 0 Å². The first kappa shape index (κ1) is 23.8. The summed E-state index contributed by atoms with van der Waals surface area (Å²) in [5.41, 5.74) is 8.69. The lowest BCUT2D eigenvalue weighted by atomic mass is 9.89. The number of nitrogens with zero attached hydrogens (tertiary/aromatic N) is 2. The van der Waals surface area contributed by atoms with Crippen molar-refractivity contribution in [3.05, 3.63) is 108 Å². The maximum Gasteiger partial charge on any atom is 0.0570 e. The molecule has 0 fully saturated rings. The van der Waals surface area contributed by atoms with Crippen molar-refractivity contribution in [2.24, 2.45) is 0 Å². The van der Waals surface area contributed by atoms with Gasteiger partial charge in [-0.15, -0.1) is 0 Å². The Kier molecular flexibility index (Phi) is 6.58.